The van der Waals surface area contributed by atoms with Gasteiger partial charge in [-0.25, -0.2) is 0 Å². The molecule has 0 amide bonds. The highest BCUT2D eigenvalue weighted by atomic mass is 16.1. The average molecular weight is 228 g/mol. The molecule has 0 radical (unpaired) electrons. The average Bonchev–Trinajstić information content (AvgIpc) is 2.75. The number of benzene rings is 1. The summed E-state index contributed by atoms with van der Waals surface area (Å²) in [5.74, 6) is 0.0933. The van der Waals surface area contributed by atoms with Crippen LogP contribution in [0.25, 0.3) is 0 Å². The molecular weight excluding hydrogens is 212 g/mol. The molecule has 2 aromatic rings. The van der Waals surface area contributed by atoms with E-state index in [9.17, 15) is 4.79 Å². The Hall–Kier alpha value is -1.90. The number of hydrogen-bond acceptors (Lipinski definition) is 2. The van der Waals surface area contributed by atoms with Crippen LogP contribution in [0.2, 0.25) is 0 Å². The quantitative estimate of drug-likeness (QED) is 0.754. The van der Waals surface area contributed by atoms with Crippen LogP contribution in [0.1, 0.15) is 28.4 Å². The third kappa shape index (κ3) is 2.81. The second-order valence-corrected chi connectivity index (χ2v) is 4.19. The monoisotopic (exact) mass is 228 g/mol. The Morgan fingerprint density at radius 1 is 1.29 bits per heavy atom. The van der Waals surface area contributed by atoms with E-state index in [0.717, 1.165) is 17.5 Å². The molecule has 0 aliphatic heterocycles. The summed E-state index contributed by atoms with van der Waals surface area (Å²) in [5.41, 5.74) is 3.06. The minimum absolute atomic E-state index is 0.0933. The zero-order valence-corrected chi connectivity index (χ0v) is 10.2. The molecule has 0 saturated carbocycles. The minimum atomic E-state index is 0.0933. The van der Waals surface area contributed by atoms with E-state index >= 15 is 0 Å². The van der Waals surface area contributed by atoms with Crippen molar-refractivity contribution in [1.82, 2.24) is 9.78 Å². The van der Waals surface area contributed by atoms with E-state index < -0.39 is 0 Å². The van der Waals surface area contributed by atoms with Crippen LogP contribution in [0.3, 0.4) is 0 Å². The minimum Gasteiger partial charge on any atom is -0.292 e. The fourth-order valence-corrected chi connectivity index (χ4v) is 1.72. The number of Topliss-reactive ketones (excluding diaryl/α,β-unsaturated/α-hetero) is 1. The summed E-state index contributed by atoms with van der Waals surface area (Å²) >= 11 is 0. The van der Waals surface area contributed by atoms with Gasteiger partial charge in [0.25, 0.3) is 0 Å². The smallest absolute Gasteiger partial charge is 0.184 e. The molecule has 0 saturated heterocycles. The van der Waals surface area contributed by atoms with Gasteiger partial charge in [0.15, 0.2) is 5.78 Å². The molecule has 0 aliphatic carbocycles. The molecule has 0 N–H and O–H groups in total. The Labute approximate surface area is 101 Å². The molecule has 1 aromatic carbocycles. The summed E-state index contributed by atoms with van der Waals surface area (Å²) in [5, 5.41) is 4.11. The predicted octanol–water partition coefficient (Wildman–Crippen LogP) is 2.64. The van der Waals surface area contributed by atoms with E-state index in [1.807, 2.05) is 37.4 Å². The van der Waals surface area contributed by atoms with Crippen molar-refractivity contribution < 1.29 is 4.79 Å². The molecule has 0 atom stereocenters. The predicted molar refractivity (Wildman–Crippen MR) is 67.1 cm³/mol. The van der Waals surface area contributed by atoms with Crippen molar-refractivity contribution in [3.8, 4) is 0 Å². The van der Waals surface area contributed by atoms with Gasteiger partial charge in [0.1, 0.15) is 6.54 Å². The van der Waals surface area contributed by atoms with E-state index in [4.69, 9.17) is 0 Å². The Morgan fingerprint density at radius 2 is 2.00 bits per heavy atom. The third-order valence-electron chi connectivity index (χ3n) is 2.75. The molecule has 2 rings (SSSR count). The van der Waals surface area contributed by atoms with Gasteiger partial charge in [-0.1, -0.05) is 31.2 Å². The van der Waals surface area contributed by atoms with Crippen LogP contribution in [0.5, 0.6) is 0 Å². The van der Waals surface area contributed by atoms with Crippen molar-refractivity contribution in [2.75, 3.05) is 0 Å². The highest BCUT2D eigenvalue weighted by molar-refractivity contribution is 5.95. The van der Waals surface area contributed by atoms with Crippen molar-refractivity contribution in [1.29, 1.82) is 0 Å². The molecule has 1 aromatic heterocycles. The summed E-state index contributed by atoms with van der Waals surface area (Å²) in [6.45, 7) is 4.37. The lowest BCUT2D eigenvalue weighted by Crippen LogP contribution is -2.10. The van der Waals surface area contributed by atoms with Gasteiger partial charge in [0.05, 0.1) is 6.20 Å². The van der Waals surface area contributed by atoms with Gasteiger partial charge in [-0.2, -0.15) is 5.10 Å². The first-order valence-corrected chi connectivity index (χ1v) is 5.80. The molecule has 0 spiro atoms. The van der Waals surface area contributed by atoms with Crippen molar-refractivity contribution in [3.63, 3.8) is 0 Å². The SMILES string of the molecule is CCc1ccc(C(=O)Cn2cc(C)cn2)cc1. The summed E-state index contributed by atoms with van der Waals surface area (Å²) in [4.78, 5) is 12.0. The van der Waals surface area contributed by atoms with Crippen LogP contribution in [-0.2, 0) is 13.0 Å². The second kappa shape index (κ2) is 4.95. The Balaban J connectivity index is 2.09. The van der Waals surface area contributed by atoms with E-state index in [1.165, 1.54) is 5.56 Å². The fraction of sp³-hybridized carbons (Fsp3) is 0.286. The van der Waals surface area contributed by atoms with Gasteiger partial charge < -0.3 is 0 Å². The van der Waals surface area contributed by atoms with Crippen LogP contribution in [-0.4, -0.2) is 15.6 Å². The van der Waals surface area contributed by atoms with Crippen LogP contribution in [0, 0.1) is 6.92 Å². The molecule has 17 heavy (non-hydrogen) atoms. The highest BCUT2D eigenvalue weighted by Crippen LogP contribution is 2.07. The van der Waals surface area contributed by atoms with E-state index in [0.29, 0.717) is 6.54 Å². The Morgan fingerprint density at radius 3 is 2.53 bits per heavy atom. The first-order valence-electron chi connectivity index (χ1n) is 5.80. The maximum absolute atomic E-state index is 12.0. The fourth-order valence-electron chi connectivity index (χ4n) is 1.72. The lowest BCUT2D eigenvalue weighted by Gasteiger charge is -2.02. The molecule has 0 fully saturated rings. The first-order chi connectivity index (χ1) is 8.19. The molecule has 0 unspecified atom stereocenters. The summed E-state index contributed by atoms with van der Waals surface area (Å²) in [7, 11) is 0. The number of hydrogen-bond donors (Lipinski definition) is 0. The lowest BCUT2D eigenvalue weighted by molar-refractivity contribution is 0.0967. The van der Waals surface area contributed by atoms with E-state index in [-0.39, 0.29) is 5.78 Å². The Bertz CT molecular complexity index is 511. The van der Waals surface area contributed by atoms with Gasteiger partial charge >= 0.3 is 0 Å². The normalized spacial score (nSPS) is 10.5. The van der Waals surface area contributed by atoms with Gasteiger partial charge in [-0.3, -0.25) is 9.48 Å². The van der Waals surface area contributed by atoms with E-state index in [1.54, 1.807) is 10.9 Å². The van der Waals surface area contributed by atoms with Crippen LogP contribution < -0.4 is 0 Å². The summed E-state index contributed by atoms with van der Waals surface area (Å²) in [6.07, 6.45) is 4.62. The van der Waals surface area contributed by atoms with Crippen LogP contribution in [0.15, 0.2) is 36.7 Å². The zero-order chi connectivity index (χ0) is 12.3. The largest absolute Gasteiger partial charge is 0.292 e. The van der Waals surface area contributed by atoms with Crippen molar-refractivity contribution in [2.45, 2.75) is 26.8 Å². The number of ketones is 1. The summed E-state index contributed by atoms with van der Waals surface area (Å²) < 4.78 is 1.67. The molecule has 88 valence electrons. The Kier molecular flexibility index (Phi) is 3.38. The molecule has 3 heteroatoms. The van der Waals surface area contributed by atoms with E-state index in [2.05, 4.69) is 12.0 Å². The standard InChI is InChI=1S/C14H16N2O/c1-3-12-4-6-13(7-5-12)14(17)10-16-9-11(2)8-15-16/h4-9H,3,10H2,1-2H3. The molecule has 3 nitrogen and oxygen atoms in total. The second-order valence-electron chi connectivity index (χ2n) is 4.19. The number of aromatic nitrogens is 2. The van der Waals surface area contributed by atoms with Crippen molar-refractivity contribution >= 4 is 5.78 Å². The van der Waals surface area contributed by atoms with Gasteiger partial charge in [0, 0.05) is 11.8 Å². The molecule has 0 aliphatic rings. The highest BCUT2D eigenvalue weighted by Gasteiger charge is 2.07. The maximum atomic E-state index is 12.0. The molecular formula is C14H16N2O. The van der Waals surface area contributed by atoms with Crippen LogP contribution in [0.4, 0.5) is 0 Å². The number of carbonyl (C=O) groups excluding carboxylic acids is 1. The zero-order valence-electron chi connectivity index (χ0n) is 10.2. The van der Waals surface area contributed by atoms with Crippen LogP contribution >= 0.6 is 0 Å². The maximum Gasteiger partial charge on any atom is 0.184 e. The number of carbonyl (C=O) groups is 1. The number of nitrogens with zero attached hydrogens (tertiary/aromatic N) is 2. The number of aryl methyl sites for hydroxylation is 2. The van der Waals surface area contributed by atoms with Gasteiger partial charge in [-0.15, -0.1) is 0 Å². The third-order valence-corrected chi connectivity index (χ3v) is 2.75. The van der Waals surface area contributed by atoms with Crippen molar-refractivity contribution in [2.24, 2.45) is 0 Å². The summed E-state index contributed by atoms with van der Waals surface area (Å²) in [6, 6.07) is 7.78. The number of rotatable bonds is 4. The van der Waals surface area contributed by atoms with Crippen molar-refractivity contribution in [3.05, 3.63) is 53.3 Å². The topological polar surface area (TPSA) is 34.9 Å². The van der Waals surface area contributed by atoms with Gasteiger partial charge in [0.2, 0.25) is 0 Å². The van der Waals surface area contributed by atoms with Gasteiger partial charge in [-0.05, 0) is 24.5 Å². The first kappa shape index (κ1) is 11.6. The molecule has 1 heterocycles. The molecule has 0 bridgehead atoms. The lowest BCUT2D eigenvalue weighted by atomic mass is 10.1.